The highest BCUT2D eigenvalue weighted by Crippen LogP contribution is 2.35. The Morgan fingerprint density at radius 1 is 0.971 bits per heavy atom. The Labute approximate surface area is 208 Å². The second-order valence-corrected chi connectivity index (χ2v) is 10.7. The summed E-state index contributed by atoms with van der Waals surface area (Å²) in [4.78, 5) is 26.3. The van der Waals surface area contributed by atoms with Crippen molar-refractivity contribution in [3.05, 3.63) is 83.9 Å². The summed E-state index contributed by atoms with van der Waals surface area (Å²) in [6.07, 6.45) is 0.232. The molecule has 1 heterocycles. The van der Waals surface area contributed by atoms with Crippen LogP contribution in [0, 0.1) is 11.3 Å². The van der Waals surface area contributed by atoms with Gasteiger partial charge in [0, 0.05) is 38.0 Å². The Hall–Kier alpha value is -3.18. The van der Waals surface area contributed by atoms with Crippen molar-refractivity contribution in [2.75, 3.05) is 19.6 Å². The maximum Gasteiger partial charge on any atom is 0.303 e. The van der Waals surface area contributed by atoms with E-state index < -0.39 is 11.4 Å². The first kappa shape index (κ1) is 24.9. The third kappa shape index (κ3) is 6.09. The molecule has 3 aromatic carbocycles. The summed E-state index contributed by atoms with van der Waals surface area (Å²) in [6.45, 7) is 8.05. The van der Waals surface area contributed by atoms with Crippen molar-refractivity contribution < 1.29 is 14.7 Å². The molecular weight excluding hydrogens is 436 g/mol. The van der Waals surface area contributed by atoms with Gasteiger partial charge in [0.05, 0.1) is 6.42 Å². The zero-order chi connectivity index (χ0) is 25.0. The average Bonchev–Trinajstić information content (AvgIpc) is 3.26. The lowest BCUT2D eigenvalue weighted by Gasteiger charge is -2.25. The van der Waals surface area contributed by atoms with Gasteiger partial charge in [-0.2, -0.15) is 0 Å². The van der Waals surface area contributed by atoms with Crippen LogP contribution >= 0.6 is 0 Å². The number of benzene rings is 3. The molecule has 35 heavy (non-hydrogen) atoms. The molecule has 0 aliphatic carbocycles. The largest absolute Gasteiger partial charge is 0.481 e. The maximum atomic E-state index is 13.2. The van der Waals surface area contributed by atoms with Gasteiger partial charge < -0.3 is 15.3 Å². The molecule has 1 amide bonds. The minimum atomic E-state index is -0.865. The molecule has 0 radical (unpaired) electrons. The molecule has 4 rings (SSSR count). The molecule has 0 bridgehead atoms. The molecule has 5 nitrogen and oxygen atoms in total. The Morgan fingerprint density at radius 3 is 2.40 bits per heavy atom. The first-order chi connectivity index (χ1) is 16.7. The third-order valence-corrected chi connectivity index (χ3v) is 7.26. The zero-order valence-electron chi connectivity index (χ0n) is 20.9. The van der Waals surface area contributed by atoms with Crippen LogP contribution in [0.2, 0.25) is 0 Å². The summed E-state index contributed by atoms with van der Waals surface area (Å²) in [7, 11) is 0. The van der Waals surface area contributed by atoms with E-state index in [0.717, 1.165) is 6.54 Å². The minimum Gasteiger partial charge on any atom is -0.481 e. The van der Waals surface area contributed by atoms with Crippen LogP contribution in [0.3, 0.4) is 0 Å². The van der Waals surface area contributed by atoms with E-state index in [1.807, 2.05) is 24.8 Å². The highest BCUT2D eigenvalue weighted by molar-refractivity contribution is 5.86. The van der Waals surface area contributed by atoms with Crippen LogP contribution in [0.25, 0.3) is 10.8 Å². The van der Waals surface area contributed by atoms with Gasteiger partial charge in [-0.25, -0.2) is 0 Å². The number of hydrogen-bond donors (Lipinski definition) is 2. The van der Waals surface area contributed by atoms with Gasteiger partial charge in [-0.1, -0.05) is 86.6 Å². The van der Waals surface area contributed by atoms with Gasteiger partial charge >= 0.3 is 5.97 Å². The third-order valence-electron chi connectivity index (χ3n) is 7.26. The maximum absolute atomic E-state index is 13.2. The number of carbonyl (C=O) groups is 2. The van der Waals surface area contributed by atoms with Crippen molar-refractivity contribution in [3.8, 4) is 0 Å². The first-order valence-electron chi connectivity index (χ1n) is 12.5. The molecule has 1 aliphatic rings. The van der Waals surface area contributed by atoms with Gasteiger partial charge in [-0.05, 0) is 40.2 Å². The molecule has 184 valence electrons. The molecule has 5 heteroatoms. The SMILES string of the molecule is C[C@@H](NC[C@H]1CN(C(=O)CC(C)(C)CC(=O)O)C[C@@H]1c1ccccc1)c1cccc2ccccc12. The quantitative estimate of drug-likeness (QED) is 0.424. The fourth-order valence-corrected chi connectivity index (χ4v) is 5.42. The lowest BCUT2D eigenvalue weighted by molar-refractivity contribution is -0.140. The zero-order valence-corrected chi connectivity index (χ0v) is 20.9. The van der Waals surface area contributed by atoms with E-state index in [9.17, 15) is 14.7 Å². The molecular formula is C30H36N2O3. The van der Waals surface area contributed by atoms with Crippen molar-refractivity contribution >= 4 is 22.6 Å². The van der Waals surface area contributed by atoms with Gasteiger partial charge in [0.15, 0.2) is 0 Å². The molecule has 3 aromatic rings. The highest BCUT2D eigenvalue weighted by atomic mass is 16.4. The number of aliphatic carboxylic acids is 1. The number of likely N-dealkylation sites (tertiary alicyclic amines) is 1. The standard InChI is InChI=1S/C30H36N2O3/c1-21(25-15-9-13-22-12-7-8-14-26(22)25)31-18-24-19-32(20-27(24)23-10-5-4-6-11-23)28(33)16-30(2,3)17-29(34)35/h4-15,21,24,27,31H,16-20H2,1-3H3,(H,34,35)/t21-,24+,27-/m1/s1. The number of hydrogen-bond acceptors (Lipinski definition) is 3. The Balaban J connectivity index is 1.48. The van der Waals surface area contributed by atoms with Gasteiger partial charge in [-0.3, -0.25) is 9.59 Å². The number of carbonyl (C=O) groups excluding carboxylic acids is 1. The molecule has 1 fully saturated rings. The summed E-state index contributed by atoms with van der Waals surface area (Å²) in [5, 5.41) is 15.5. The second-order valence-electron chi connectivity index (χ2n) is 10.7. The monoisotopic (exact) mass is 472 g/mol. The normalized spacial score (nSPS) is 19.1. The Kier molecular flexibility index (Phi) is 7.56. The molecule has 0 unspecified atom stereocenters. The number of carboxylic acid groups (broad SMARTS) is 1. The Bertz CT molecular complexity index is 1170. The van der Waals surface area contributed by atoms with E-state index in [1.54, 1.807) is 0 Å². The van der Waals surface area contributed by atoms with Crippen molar-refractivity contribution in [2.24, 2.45) is 11.3 Å². The summed E-state index contributed by atoms with van der Waals surface area (Å²) < 4.78 is 0. The van der Waals surface area contributed by atoms with Gasteiger partial charge in [0.25, 0.3) is 0 Å². The van der Waals surface area contributed by atoms with Crippen LogP contribution in [0.15, 0.2) is 72.8 Å². The van der Waals surface area contributed by atoms with Gasteiger partial charge in [0.2, 0.25) is 5.91 Å². The Morgan fingerprint density at radius 2 is 1.66 bits per heavy atom. The fourth-order valence-electron chi connectivity index (χ4n) is 5.42. The van der Waals surface area contributed by atoms with Gasteiger partial charge in [-0.15, -0.1) is 0 Å². The lowest BCUT2D eigenvalue weighted by Crippen LogP contribution is -2.34. The van der Waals surface area contributed by atoms with Gasteiger partial charge in [0.1, 0.15) is 0 Å². The van der Waals surface area contributed by atoms with Crippen LogP contribution in [0.5, 0.6) is 0 Å². The van der Waals surface area contributed by atoms with Crippen molar-refractivity contribution in [3.63, 3.8) is 0 Å². The topological polar surface area (TPSA) is 69.6 Å². The van der Waals surface area contributed by atoms with Crippen LogP contribution in [-0.4, -0.2) is 41.5 Å². The number of nitrogens with zero attached hydrogens (tertiary/aromatic N) is 1. The molecule has 1 saturated heterocycles. The van der Waals surface area contributed by atoms with E-state index in [4.69, 9.17) is 0 Å². The highest BCUT2D eigenvalue weighted by Gasteiger charge is 2.38. The lowest BCUT2D eigenvalue weighted by atomic mass is 9.85. The predicted octanol–water partition coefficient (Wildman–Crippen LogP) is 5.62. The minimum absolute atomic E-state index is 0.0117. The number of nitrogens with one attached hydrogen (secondary N) is 1. The average molecular weight is 473 g/mol. The molecule has 1 aliphatic heterocycles. The van der Waals surface area contributed by atoms with E-state index in [2.05, 4.69) is 79.0 Å². The van der Waals surface area contributed by atoms with Crippen LogP contribution in [-0.2, 0) is 9.59 Å². The number of fused-ring (bicyclic) bond motifs is 1. The number of rotatable bonds is 9. The van der Waals surface area contributed by atoms with Crippen molar-refractivity contribution in [1.82, 2.24) is 10.2 Å². The van der Waals surface area contributed by atoms with E-state index >= 15 is 0 Å². The molecule has 0 spiro atoms. The summed E-state index contributed by atoms with van der Waals surface area (Å²) in [5.41, 5.74) is 1.96. The molecule has 3 atom stereocenters. The molecule has 0 saturated carbocycles. The number of carboxylic acids is 1. The first-order valence-corrected chi connectivity index (χ1v) is 12.5. The number of amides is 1. The summed E-state index contributed by atoms with van der Waals surface area (Å²) >= 11 is 0. The van der Waals surface area contributed by atoms with Crippen molar-refractivity contribution in [2.45, 2.75) is 45.6 Å². The molecule has 0 aromatic heterocycles. The summed E-state index contributed by atoms with van der Waals surface area (Å²) in [6, 6.07) is 25.5. The molecule has 2 N–H and O–H groups in total. The predicted molar refractivity (Wildman–Crippen MR) is 140 cm³/mol. The second kappa shape index (κ2) is 10.6. The van der Waals surface area contributed by atoms with E-state index in [0.29, 0.717) is 13.1 Å². The van der Waals surface area contributed by atoms with Crippen LogP contribution in [0.1, 0.15) is 56.7 Å². The smallest absolute Gasteiger partial charge is 0.303 e. The van der Waals surface area contributed by atoms with E-state index in [1.165, 1.54) is 21.9 Å². The van der Waals surface area contributed by atoms with Crippen LogP contribution in [0.4, 0.5) is 0 Å². The van der Waals surface area contributed by atoms with Crippen LogP contribution < -0.4 is 5.32 Å². The fraction of sp³-hybridized carbons (Fsp3) is 0.400. The summed E-state index contributed by atoms with van der Waals surface area (Å²) in [5.74, 6) is -0.297. The van der Waals surface area contributed by atoms with E-state index in [-0.39, 0.29) is 36.6 Å². The van der Waals surface area contributed by atoms with Crippen molar-refractivity contribution in [1.29, 1.82) is 0 Å².